The van der Waals surface area contributed by atoms with Crippen LogP contribution in [0.5, 0.6) is 5.75 Å². The van der Waals surface area contributed by atoms with Crippen LogP contribution in [0.2, 0.25) is 0 Å². The van der Waals surface area contributed by atoms with Gasteiger partial charge in [0.15, 0.2) is 16.8 Å². The summed E-state index contributed by atoms with van der Waals surface area (Å²) >= 11 is 6.23. The summed E-state index contributed by atoms with van der Waals surface area (Å²) in [4.78, 5) is 12.5. The number of phenols is 1. The van der Waals surface area contributed by atoms with Gasteiger partial charge in [-0.2, -0.15) is 0 Å². The standard InChI is InChI=1S/C21H15I3O3/c1-4-6-7-11(5-2)15-12-8-10(3)18(25)16(23)20(12)27-21-13(15)9-14(22)19(26)17(21)24/h4-9,26H,2H2,1,3H3/b6-4-,11-7+. The molecular weight excluding hydrogens is 681 g/mol. The van der Waals surface area contributed by atoms with Crippen molar-refractivity contribution in [2.45, 2.75) is 13.8 Å². The Bertz CT molecular complexity index is 1170. The molecule has 0 amide bonds. The van der Waals surface area contributed by atoms with Crippen LogP contribution >= 0.6 is 67.8 Å². The molecule has 0 fully saturated rings. The summed E-state index contributed by atoms with van der Waals surface area (Å²) < 4.78 is 8.06. The number of allylic oxidation sites excluding steroid dienone is 5. The molecule has 0 atom stereocenters. The van der Waals surface area contributed by atoms with Gasteiger partial charge in [-0.25, -0.2) is 0 Å². The van der Waals surface area contributed by atoms with E-state index in [2.05, 4.69) is 51.8 Å². The van der Waals surface area contributed by atoms with Gasteiger partial charge in [-0.1, -0.05) is 30.9 Å². The lowest BCUT2D eigenvalue weighted by Crippen LogP contribution is -2.12. The van der Waals surface area contributed by atoms with Crippen molar-refractivity contribution in [3.05, 3.63) is 75.1 Å². The Labute approximate surface area is 198 Å². The molecule has 3 rings (SSSR count). The van der Waals surface area contributed by atoms with E-state index in [1.807, 2.05) is 66.8 Å². The zero-order valence-electron chi connectivity index (χ0n) is 14.6. The third-order valence-electron chi connectivity index (χ3n) is 4.23. The van der Waals surface area contributed by atoms with Crippen molar-refractivity contribution in [1.29, 1.82) is 0 Å². The third-order valence-corrected chi connectivity index (χ3v) is 7.03. The van der Waals surface area contributed by atoms with E-state index >= 15 is 0 Å². The van der Waals surface area contributed by atoms with Gasteiger partial charge >= 0.3 is 0 Å². The minimum absolute atomic E-state index is 0.0421. The van der Waals surface area contributed by atoms with E-state index in [1.165, 1.54) is 0 Å². The first-order valence-corrected chi connectivity index (χ1v) is 11.3. The van der Waals surface area contributed by atoms with E-state index in [4.69, 9.17) is 4.42 Å². The summed E-state index contributed by atoms with van der Waals surface area (Å²) in [7, 11) is 0. The molecule has 1 aliphatic heterocycles. The highest BCUT2D eigenvalue weighted by Crippen LogP contribution is 2.44. The van der Waals surface area contributed by atoms with Crippen LogP contribution in [-0.4, -0.2) is 5.11 Å². The first-order valence-electron chi connectivity index (χ1n) is 8.04. The smallest absolute Gasteiger partial charge is 0.198 e. The van der Waals surface area contributed by atoms with Gasteiger partial charge in [0, 0.05) is 16.5 Å². The van der Waals surface area contributed by atoms with Gasteiger partial charge in [0.1, 0.15) is 9.32 Å². The predicted molar refractivity (Wildman–Crippen MR) is 137 cm³/mol. The number of phenolic OH excluding ortho intramolecular Hbond substituents is 1. The number of benzene rings is 2. The van der Waals surface area contributed by atoms with Gasteiger partial charge in [-0.3, -0.25) is 4.79 Å². The lowest BCUT2D eigenvalue weighted by atomic mass is 9.92. The van der Waals surface area contributed by atoms with Gasteiger partial charge in [0.2, 0.25) is 0 Å². The Balaban J connectivity index is 2.67. The van der Waals surface area contributed by atoms with Crippen LogP contribution in [0.1, 0.15) is 18.1 Å². The normalized spacial score (nSPS) is 12.4. The first kappa shape index (κ1) is 20.8. The lowest BCUT2D eigenvalue weighted by Gasteiger charge is -2.19. The third kappa shape index (κ3) is 3.59. The molecule has 3 nitrogen and oxygen atoms in total. The average molecular weight is 696 g/mol. The molecule has 1 heterocycles. The monoisotopic (exact) mass is 696 g/mol. The number of hydrogen-bond acceptors (Lipinski definition) is 3. The van der Waals surface area contributed by atoms with E-state index in [9.17, 15) is 9.90 Å². The lowest BCUT2D eigenvalue weighted by molar-refractivity contribution is 0.466. The second-order valence-corrected chi connectivity index (χ2v) is 9.26. The fourth-order valence-electron chi connectivity index (χ4n) is 2.92. The van der Waals surface area contributed by atoms with Crippen LogP contribution < -0.4 is 5.43 Å². The topological polar surface area (TPSA) is 50.4 Å². The van der Waals surface area contributed by atoms with Gasteiger partial charge in [-0.05, 0) is 105 Å². The van der Waals surface area contributed by atoms with Gasteiger partial charge < -0.3 is 9.52 Å². The maximum atomic E-state index is 12.5. The molecule has 138 valence electrons. The maximum Gasteiger partial charge on any atom is 0.198 e. The molecule has 0 bridgehead atoms. The van der Waals surface area contributed by atoms with Gasteiger partial charge in [0.05, 0.1) is 7.14 Å². The summed E-state index contributed by atoms with van der Waals surface area (Å²) in [5.41, 5.74) is 3.91. The molecule has 1 N–H and O–H groups in total. The molecule has 1 aromatic rings. The van der Waals surface area contributed by atoms with Crippen LogP contribution in [0.4, 0.5) is 0 Å². The molecule has 6 heteroatoms. The van der Waals surface area contributed by atoms with Gasteiger partial charge in [0.25, 0.3) is 0 Å². The Morgan fingerprint density at radius 1 is 1.22 bits per heavy atom. The quantitative estimate of drug-likeness (QED) is 0.185. The van der Waals surface area contributed by atoms with Crippen molar-refractivity contribution < 1.29 is 9.52 Å². The number of hydrogen-bond donors (Lipinski definition) is 1. The van der Waals surface area contributed by atoms with E-state index < -0.39 is 0 Å². The number of fused-ring (bicyclic) bond motifs is 2. The Hall–Kier alpha value is -0.880. The van der Waals surface area contributed by atoms with Crippen molar-refractivity contribution in [3.63, 3.8) is 0 Å². The van der Waals surface area contributed by atoms with Crippen molar-refractivity contribution >= 4 is 84.3 Å². The second kappa shape index (κ2) is 8.24. The summed E-state index contributed by atoms with van der Waals surface area (Å²) in [6.07, 6.45) is 7.69. The number of aromatic hydroxyl groups is 1. The summed E-state index contributed by atoms with van der Waals surface area (Å²) in [6, 6.07) is 3.78. The largest absolute Gasteiger partial charge is 0.506 e. The minimum Gasteiger partial charge on any atom is -0.506 e. The highest BCUT2D eigenvalue weighted by Gasteiger charge is 2.25. The van der Waals surface area contributed by atoms with Crippen LogP contribution in [0.15, 0.2) is 52.2 Å². The Morgan fingerprint density at radius 3 is 2.56 bits per heavy atom. The molecule has 1 aromatic carbocycles. The Kier molecular flexibility index (Phi) is 6.36. The maximum absolute atomic E-state index is 12.5. The molecule has 1 aliphatic carbocycles. The van der Waals surface area contributed by atoms with Crippen molar-refractivity contribution in [1.82, 2.24) is 0 Å². The van der Waals surface area contributed by atoms with Crippen molar-refractivity contribution in [3.8, 4) is 17.1 Å². The SMILES string of the molecule is C=C/C(=C\C=C/C)c1c2cc(C)c(=O)c(I)c-2oc2c(I)c(O)c(I)cc12. The minimum atomic E-state index is -0.0421. The van der Waals surface area contributed by atoms with E-state index in [-0.39, 0.29) is 11.2 Å². The summed E-state index contributed by atoms with van der Waals surface area (Å²) in [5.74, 6) is 0.709. The summed E-state index contributed by atoms with van der Waals surface area (Å²) in [5, 5.41) is 11.3. The first-order chi connectivity index (χ1) is 12.8. The molecule has 0 spiro atoms. The Morgan fingerprint density at radius 2 is 1.93 bits per heavy atom. The van der Waals surface area contributed by atoms with Crippen LogP contribution in [-0.2, 0) is 0 Å². The van der Waals surface area contributed by atoms with E-state index in [0.717, 1.165) is 25.7 Å². The zero-order valence-corrected chi connectivity index (χ0v) is 21.0. The molecule has 0 saturated heterocycles. The van der Waals surface area contributed by atoms with Gasteiger partial charge in [-0.15, -0.1) is 0 Å². The number of halogens is 3. The van der Waals surface area contributed by atoms with Crippen LogP contribution in [0.25, 0.3) is 27.9 Å². The average Bonchev–Trinajstić information content (AvgIpc) is 2.65. The number of aryl methyl sites for hydroxylation is 1. The highest BCUT2D eigenvalue weighted by atomic mass is 127. The van der Waals surface area contributed by atoms with Crippen molar-refractivity contribution in [2.24, 2.45) is 0 Å². The molecule has 0 radical (unpaired) electrons. The molecule has 2 aliphatic rings. The molecular formula is C21H15I3O3. The van der Waals surface area contributed by atoms with Crippen LogP contribution in [0.3, 0.4) is 0 Å². The van der Waals surface area contributed by atoms with Crippen LogP contribution in [0, 0.1) is 17.6 Å². The summed E-state index contributed by atoms with van der Waals surface area (Å²) in [6.45, 7) is 7.74. The number of rotatable bonds is 3. The second-order valence-electron chi connectivity index (χ2n) is 5.94. The van der Waals surface area contributed by atoms with Crippen molar-refractivity contribution in [2.75, 3.05) is 0 Å². The molecule has 27 heavy (non-hydrogen) atoms. The fourth-order valence-corrected chi connectivity index (χ4v) is 5.53. The molecule has 0 unspecified atom stereocenters. The highest BCUT2D eigenvalue weighted by molar-refractivity contribution is 14.1. The van der Waals surface area contributed by atoms with E-state index in [1.54, 1.807) is 6.08 Å². The fraction of sp³-hybridized carbons (Fsp3) is 0.0952. The molecule has 0 saturated carbocycles. The predicted octanol–water partition coefficient (Wildman–Crippen LogP) is 6.87. The zero-order chi connectivity index (χ0) is 19.9. The van der Waals surface area contributed by atoms with E-state index in [0.29, 0.717) is 24.0 Å². The molecule has 0 aromatic heterocycles.